The average Bonchev–Trinajstić information content (AvgIpc) is 2.46. The van der Waals surface area contributed by atoms with E-state index in [2.05, 4.69) is 10.3 Å². The molecule has 23 heavy (non-hydrogen) atoms. The summed E-state index contributed by atoms with van der Waals surface area (Å²) in [6.45, 7) is 3.63. The summed E-state index contributed by atoms with van der Waals surface area (Å²) in [5.41, 5.74) is -0.0499. The second-order valence-corrected chi connectivity index (χ2v) is 5.73. The van der Waals surface area contributed by atoms with Crippen molar-refractivity contribution in [3.05, 3.63) is 45.8 Å². The molecule has 0 unspecified atom stereocenters. The molecule has 0 bridgehead atoms. The van der Waals surface area contributed by atoms with Crippen LogP contribution in [-0.2, 0) is 0 Å². The molecular formula is C15H13Cl2FN2O3. The number of nitrogens with zero attached hydrogens (tertiary/aromatic N) is 1. The van der Waals surface area contributed by atoms with Gasteiger partial charge in [-0.3, -0.25) is 4.79 Å². The Morgan fingerprint density at radius 1 is 1.30 bits per heavy atom. The Morgan fingerprint density at radius 2 is 2.00 bits per heavy atom. The highest BCUT2D eigenvalue weighted by Gasteiger charge is 2.15. The van der Waals surface area contributed by atoms with Gasteiger partial charge in [-0.05, 0) is 26.0 Å². The Bertz CT molecular complexity index is 754. The number of anilines is 1. The van der Waals surface area contributed by atoms with E-state index in [1.54, 1.807) is 0 Å². The van der Waals surface area contributed by atoms with Crippen molar-refractivity contribution >= 4 is 34.8 Å². The lowest BCUT2D eigenvalue weighted by molar-refractivity contribution is 0.102. The Labute approximate surface area is 142 Å². The minimum absolute atomic E-state index is 0.0847. The predicted octanol–water partition coefficient (Wildman–Crippen LogP) is 4.27. The van der Waals surface area contributed by atoms with Gasteiger partial charge in [-0.1, -0.05) is 23.2 Å². The maximum Gasteiger partial charge on any atom is 0.257 e. The van der Waals surface area contributed by atoms with Crippen molar-refractivity contribution in [3.63, 3.8) is 0 Å². The molecule has 5 nitrogen and oxygen atoms in total. The van der Waals surface area contributed by atoms with Gasteiger partial charge < -0.3 is 15.2 Å². The number of nitrogens with one attached hydrogen (secondary N) is 1. The van der Waals surface area contributed by atoms with E-state index >= 15 is 0 Å². The van der Waals surface area contributed by atoms with Crippen LogP contribution in [0.25, 0.3) is 0 Å². The number of rotatable bonds is 4. The summed E-state index contributed by atoms with van der Waals surface area (Å²) in [5.74, 6) is -1.66. The van der Waals surface area contributed by atoms with Gasteiger partial charge in [-0.25, -0.2) is 9.37 Å². The number of carbonyl (C=O) groups is 1. The van der Waals surface area contributed by atoms with Crippen LogP contribution < -0.4 is 10.1 Å². The van der Waals surface area contributed by atoms with Crippen molar-refractivity contribution in [1.82, 2.24) is 4.98 Å². The van der Waals surface area contributed by atoms with Crippen molar-refractivity contribution in [2.75, 3.05) is 5.32 Å². The van der Waals surface area contributed by atoms with Gasteiger partial charge >= 0.3 is 0 Å². The van der Waals surface area contributed by atoms with Crippen molar-refractivity contribution in [1.29, 1.82) is 0 Å². The lowest BCUT2D eigenvalue weighted by atomic mass is 10.2. The van der Waals surface area contributed by atoms with E-state index < -0.39 is 17.5 Å². The van der Waals surface area contributed by atoms with Crippen LogP contribution in [0.4, 0.5) is 10.1 Å². The molecule has 1 aromatic carbocycles. The fraction of sp³-hybridized carbons (Fsp3) is 0.200. The third-order valence-corrected chi connectivity index (χ3v) is 3.28. The average molecular weight is 359 g/mol. The third kappa shape index (κ3) is 4.24. The normalized spacial score (nSPS) is 10.7. The van der Waals surface area contributed by atoms with E-state index in [0.717, 1.165) is 12.1 Å². The van der Waals surface area contributed by atoms with E-state index in [0.29, 0.717) is 0 Å². The summed E-state index contributed by atoms with van der Waals surface area (Å²) < 4.78 is 19.1. The van der Waals surface area contributed by atoms with Gasteiger partial charge in [-0.15, -0.1) is 0 Å². The van der Waals surface area contributed by atoms with Crippen LogP contribution in [0.3, 0.4) is 0 Å². The molecular weight excluding hydrogens is 346 g/mol. The number of amides is 1. The van der Waals surface area contributed by atoms with Crippen molar-refractivity contribution in [2.24, 2.45) is 0 Å². The molecule has 8 heteroatoms. The highest BCUT2D eigenvalue weighted by Crippen LogP contribution is 2.30. The van der Waals surface area contributed by atoms with Gasteiger partial charge in [0.05, 0.1) is 22.4 Å². The monoisotopic (exact) mass is 358 g/mol. The number of phenols is 1. The lowest BCUT2D eigenvalue weighted by Gasteiger charge is -2.11. The molecule has 2 rings (SSSR count). The quantitative estimate of drug-likeness (QED) is 0.800. The predicted molar refractivity (Wildman–Crippen MR) is 86.0 cm³/mol. The smallest absolute Gasteiger partial charge is 0.257 e. The van der Waals surface area contributed by atoms with Crippen LogP contribution in [0.5, 0.6) is 11.6 Å². The summed E-state index contributed by atoms with van der Waals surface area (Å²) in [5, 5.41) is 11.7. The number of benzene rings is 1. The zero-order valence-electron chi connectivity index (χ0n) is 12.2. The van der Waals surface area contributed by atoms with Crippen molar-refractivity contribution in [3.8, 4) is 11.6 Å². The molecule has 0 saturated carbocycles. The molecule has 0 spiro atoms. The van der Waals surface area contributed by atoms with E-state index in [1.807, 2.05) is 13.8 Å². The lowest BCUT2D eigenvalue weighted by Crippen LogP contribution is -2.14. The standard InChI is InChI=1S/C15H13Cl2FN2O3/c1-7(2)23-15-10(17)3-8(6-19-15)14(22)20-12-4-9(16)13(21)5-11(12)18/h3-7,21H,1-2H3,(H,20,22). The topological polar surface area (TPSA) is 71.5 Å². The minimum Gasteiger partial charge on any atom is -0.506 e. The van der Waals surface area contributed by atoms with E-state index in [4.69, 9.17) is 27.9 Å². The molecule has 1 aromatic heterocycles. The van der Waals surface area contributed by atoms with Gasteiger partial charge in [0.15, 0.2) is 5.82 Å². The molecule has 0 aliphatic rings. The first-order valence-electron chi connectivity index (χ1n) is 6.59. The third-order valence-electron chi connectivity index (χ3n) is 2.70. The number of aromatic nitrogens is 1. The Balaban J connectivity index is 2.21. The molecule has 0 aliphatic carbocycles. The highest BCUT2D eigenvalue weighted by atomic mass is 35.5. The molecule has 122 valence electrons. The summed E-state index contributed by atoms with van der Waals surface area (Å²) in [4.78, 5) is 16.1. The van der Waals surface area contributed by atoms with Gasteiger partial charge in [0.2, 0.25) is 5.88 Å². The number of hydrogen-bond acceptors (Lipinski definition) is 4. The van der Waals surface area contributed by atoms with Gasteiger partial charge in [0.25, 0.3) is 5.91 Å². The first-order valence-corrected chi connectivity index (χ1v) is 7.35. The maximum absolute atomic E-state index is 13.7. The van der Waals surface area contributed by atoms with Crippen LogP contribution in [0.2, 0.25) is 10.0 Å². The Hall–Kier alpha value is -2.05. The zero-order chi connectivity index (χ0) is 17.1. The van der Waals surface area contributed by atoms with Crippen LogP contribution in [-0.4, -0.2) is 22.1 Å². The molecule has 0 atom stereocenters. The molecule has 0 saturated heterocycles. The summed E-state index contributed by atoms with van der Waals surface area (Å²) in [6, 6.07) is 3.28. The fourth-order valence-electron chi connectivity index (χ4n) is 1.69. The van der Waals surface area contributed by atoms with Crippen LogP contribution in [0.1, 0.15) is 24.2 Å². The Kier molecular flexibility index (Phi) is 5.28. The minimum atomic E-state index is -0.820. The molecule has 0 fully saturated rings. The number of hydrogen-bond donors (Lipinski definition) is 2. The molecule has 1 amide bonds. The van der Waals surface area contributed by atoms with Crippen molar-refractivity contribution in [2.45, 2.75) is 20.0 Å². The SMILES string of the molecule is CC(C)Oc1ncc(C(=O)Nc2cc(Cl)c(O)cc2F)cc1Cl. The summed E-state index contributed by atoms with van der Waals surface area (Å²) in [6.07, 6.45) is 1.15. The number of phenolic OH excluding ortho intramolecular Hbond substituents is 1. The van der Waals surface area contributed by atoms with E-state index in [-0.39, 0.29) is 33.3 Å². The van der Waals surface area contributed by atoms with Gasteiger partial charge in [0, 0.05) is 12.3 Å². The first-order chi connectivity index (χ1) is 10.8. The van der Waals surface area contributed by atoms with Crippen LogP contribution in [0, 0.1) is 5.82 Å². The molecule has 2 N–H and O–H groups in total. The first kappa shape index (κ1) is 17.3. The molecule has 1 heterocycles. The van der Waals surface area contributed by atoms with Gasteiger partial charge in [0.1, 0.15) is 10.8 Å². The number of ether oxygens (including phenoxy) is 1. The molecule has 0 radical (unpaired) electrons. The number of halogens is 3. The number of pyridine rings is 1. The largest absolute Gasteiger partial charge is 0.506 e. The summed E-state index contributed by atoms with van der Waals surface area (Å²) >= 11 is 11.7. The fourth-order valence-corrected chi connectivity index (χ4v) is 2.06. The molecule has 0 aliphatic heterocycles. The zero-order valence-corrected chi connectivity index (χ0v) is 13.7. The second-order valence-electron chi connectivity index (χ2n) is 4.92. The second kappa shape index (κ2) is 7.02. The van der Waals surface area contributed by atoms with E-state index in [1.165, 1.54) is 12.3 Å². The summed E-state index contributed by atoms with van der Waals surface area (Å²) in [7, 11) is 0. The van der Waals surface area contributed by atoms with Gasteiger partial charge in [-0.2, -0.15) is 0 Å². The van der Waals surface area contributed by atoms with E-state index in [9.17, 15) is 14.3 Å². The number of carbonyl (C=O) groups excluding carboxylic acids is 1. The van der Waals surface area contributed by atoms with Crippen molar-refractivity contribution < 1.29 is 19.0 Å². The van der Waals surface area contributed by atoms with Crippen LogP contribution >= 0.6 is 23.2 Å². The maximum atomic E-state index is 13.7. The van der Waals surface area contributed by atoms with Crippen LogP contribution in [0.15, 0.2) is 24.4 Å². The highest BCUT2D eigenvalue weighted by molar-refractivity contribution is 6.32. The Morgan fingerprint density at radius 3 is 2.61 bits per heavy atom. The molecule has 2 aromatic rings. The number of aromatic hydroxyl groups is 1.